The Labute approximate surface area is 206 Å². The van der Waals surface area contributed by atoms with Gasteiger partial charge in [-0.25, -0.2) is 9.59 Å². The molecule has 2 unspecified atom stereocenters. The fourth-order valence-electron chi connectivity index (χ4n) is 4.76. The quantitative estimate of drug-likeness (QED) is 0.368. The number of benzene rings is 1. The van der Waals surface area contributed by atoms with E-state index in [2.05, 4.69) is 10.6 Å². The lowest BCUT2D eigenvalue weighted by atomic mass is 9.88. The van der Waals surface area contributed by atoms with Gasteiger partial charge in [-0.05, 0) is 56.2 Å². The van der Waals surface area contributed by atoms with E-state index in [1.54, 1.807) is 6.07 Å². The number of rotatable bonds is 10. The number of nitrogens with zero attached hydrogens (tertiary/aromatic N) is 1. The average molecular weight is 497 g/mol. The summed E-state index contributed by atoms with van der Waals surface area (Å²) in [6.45, 7) is 2.76. The zero-order valence-corrected chi connectivity index (χ0v) is 20.3. The number of nitrogens with one attached hydrogen (secondary N) is 2. The lowest BCUT2D eigenvalue weighted by molar-refractivity contribution is -0.00913. The van der Waals surface area contributed by atoms with E-state index in [1.165, 1.54) is 0 Å². The Morgan fingerprint density at radius 3 is 2.85 bits per heavy atom. The Morgan fingerprint density at radius 2 is 2.15 bits per heavy atom. The molecule has 1 aromatic rings. The molecule has 190 valence electrons. The number of amides is 3. The summed E-state index contributed by atoms with van der Waals surface area (Å²) in [7, 11) is 0. The lowest BCUT2D eigenvalue weighted by Gasteiger charge is -2.38. The average Bonchev–Trinajstić information content (AvgIpc) is 2.84. The summed E-state index contributed by atoms with van der Waals surface area (Å²) in [5.74, 6) is 0.0563. The smallest absolute Gasteiger partial charge is 0.404 e. The highest BCUT2D eigenvalue weighted by molar-refractivity contribution is 6.30. The summed E-state index contributed by atoms with van der Waals surface area (Å²) < 4.78 is 11.9. The first-order valence-corrected chi connectivity index (χ1v) is 12.5. The van der Waals surface area contributed by atoms with Gasteiger partial charge in [0, 0.05) is 49.8 Å². The molecule has 2 aliphatic heterocycles. The van der Waals surface area contributed by atoms with Crippen molar-refractivity contribution in [1.82, 2.24) is 15.5 Å². The largest absolute Gasteiger partial charge is 0.465 e. The maximum Gasteiger partial charge on any atom is 0.404 e. The van der Waals surface area contributed by atoms with E-state index in [0.29, 0.717) is 24.7 Å². The van der Waals surface area contributed by atoms with Gasteiger partial charge in [-0.1, -0.05) is 23.7 Å². The Balaban J connectivity index is 1.61. The molecule has 2 aliphatic rings. The van der Waals surface area contributed by atoms with Crippen molar-refractivity contribution in [2.75, 3.05) is 39.4 Å². The van der Waals surface area contributed by atoms with Gasteiger partial charge in [-0.2, -0.15) is 0 Å². The van der Waals surface area contributed by atoms with Crippen molar-refractivity contribution < 1.29 is 24.2 Å². The molecule has 9 nitrogen and oxygen atoms in total. The van der Waals surface area contributed by atoms with Gasteiger partial charge in [-0.15, -0.1) is 0 Å². The molecule has 0 bridgehead atoms. The van der Waals surface area contributed by atoms with Crippen molar-refractivity contribution in [2.45, 2.75) is 56.8 Å². The summed E-state index contributed by atoms with van der Waals surface area (Å²) in [6, 6.07) is 7.25. The van der Waals surface area contributed by atoms with Crippen LogP contribution in [0, 0.1) is 5.92 Å². The van der Waals surface area contributed by atoms with Crippen LogP contribution >= 0.6 is 11.6 Å². The molecule has 10 heteroatoms. The molecule has 4 atom stereocenters. The third-order valence-electron chi connectivity index (χ3n) is 6.46. The number of likely N-dealkylation sites (tertiary alicyclic amines) is 1. The molecule has 5 N–H and O–H groups in total. The van der Waals surface area contributed by atoms with Crippen LogP contribution in [0.1, 0.15) is 50.2 Å². The van der Waals surface area contributed by atoms with Crippen molar-refractivity contribution in [3.8, 4) is 0 Å². The predicted molar refractivity (Wildman–Crippen MR) is 130 cm³/mol. The van der Waals surface area contributed by atoms with Crippen LogP contribution in [0.3, 0.4) is 0 Å². The Hall–Kier alpha value is -2.07. The zero-order chi connectivity index (χ0) is 24.3. The maximum absolute atomic E-state index is 13.1. The van der Waals surface area contributed by atoms with Crippen molar-refractivity contribution in [3.05, 3.63) is 34.9 Å². The molecule has 2 fully saturated rings. The number of carbonyl (C=O) groups is 2. The number of piperidine rings is 1. The van der Waals surface area contributed by atoms with Crippen LogP contribution in [0.2, 0.25) is 5.02 Å². The van der Waals surface area contributed by atoms with E-state index in [9.17, 15) is 9.59 Å². The van der Waals surface area contributed by atoms with Crippen molar-refractivity contribution in [3.63, 3.8) is 0 Å². The topological polar surface area (TPSA) is 126 Å². The molecule has 0 aliphatic carbocycles. The van der Waals surface area contributed by atoms with E-state index in [1.807, 2.05) is 23.1 Å². The van der Waals surface area contributed by atoms with Crippen LogP contribution in [0.25, 0.3) is 0 Å². The second-order valence-electron chi connectivity index (χ2n) is 9.03. The number of hydrogen-bond donors (Lipinski definition) is 4. The van der Waals surface area contributed by atoms with E-state index >= 15 is 0 Å². The van der Waals surface area contributed by atoms with E-state index in [0.717, 1.165) is 50.7 Å². The molecule has 2 saturated heterocycles. The van der Waals surface area contributed by atoms with Gasteiger partial charge in [0.05, 0.1) is 18.8 Å². The molecule has 0 radical (unpaired) electrons. The first kappa shape index (κ1) is 26.5. The maximum atomic E-state index is 13.1. The van der Waals surface area contributed by atoms with Crippen LogP contribution < -0.4 is 16.4 Å². The van der Waals surface area contributed by atoms with Gasteiger partial charge in [0.2, 0.25) is 0 Å². The SMILES string of the molecule is NC[C@H](CC1CCCCO1)NC(=O)N1CCC[C@@H](C(OCCNC(=O)O)c2cccc(Cl)c2)C1. The Morgan fingerprint density at radius 1 is 1.29 bits per heavy atom. The van der Waals surface area contributed by atoms with Gasteiger partial charge < -0.3 is 35.8 Å². The van der Waals surface area contributed by atoms with Crippen molar-refractivity contribution in [1.29, 1.82) is 0 Å². The molecule has 3 amide bonds. The second kappa shape index (κ2) is 13.7. The van der Waals surface area contributed by atoms with Gasteiger partial charge in [0.1, 0.15) is 0 Å². The number of urea groups is 1. The fraction of sp³-hybridized carbons (Fsp3) is 0.667. The summed E-state index contributed by atoms with van der Waals surface area (Å²) in [5, 5.41) is 14.9. The van der Waals surface area contributed by atoms with Crippen LogP contribution in [-0.2, 0) is 9.47 Å². The molecule has 3 rings (SSSR count). The highest BCUT2D eigenvalue weighted by Gasteiger charge is 2.32. The van der Waals surface area contributed by atoms with Crippen molar-refractivity contribution >= 4 is 23.7 Å². The minimum absolute atomic E-state index is 0.0563. The first-order chi connectivity index (χ1) is 16.5. The number of halogens is 1. The second-order valence-corrected chi connectivity index (χ2v) is 9.47. The van der Waals surface area contributed by atoms with E-state index in [-0.39, 0.29) is 43.4 Å². The monoisotopic (exact) mass is 496 g/mol. The molecule has 34 heavy (non-hydrogen) atoms. The standard InChI is InChI=1S/C24H37ClN4O5/c25-19-7-3-5-17(13-19)22(34-12-9-27-24(31)32)18-6-4-10-29(16-18)23(30)28-20(15-26)14-21-8-1-2-11-33-21/h3,5,7,13,18,20-22,27H,1-2,4,6,8-12,14-16,26H2,(H,28,30)(H,31,32)/t18-,20+,21?,22?/m1/s1. The van der Waals surface area contributed by atoms with Gasteiger partial charge in [0.25, 0.3) is 0 Å². The van der Waals surface area contributed by atoms with Gasteiger partial charge in [0.15, 0.2) is 0 Å². The summed E-state index contributed by atoms with van der Waals surface area (Å²) >= 11 is 6.22. The molecule has 2 heterocycles. The third kappa shape index (κ3) is 8.30. The minimum Gasteiger partial charge on any atom is -0.465 e. The zero-order valence-electron chi connectivity index (χ0n) is 19.6. The van der Waals surface area contributed by atoms with Crippen molar-refractivity contribution in [2.24, 2.45) is 11.7 Å². The number of carboxylic acid groups (broad SMARTS) is 1. The molecule has 1 aromatic carbocycles. The molecule has 0 spiro atoms. The van der Waals surface area contributed by atoms with Crippen LogP contribution in [0.4, 0.5) is 9.59 Å². The Kier molecular flexibility index (Phi) is 10.7. The van der Waals surface area contributed by atoms with E-state index in [4.69, 9.17) is 31.9 Å². The van der Waals surface area contributed by atoms with Crippen LogP contribution in [0.15, 0.2) is 24.3 Å². The van der Waals surface area contributed by atoms with E-state index < -0.39 is 6.09 Å². The summed E-state index contributed by atoms with van der Waals surface area (Å²) in [6.07, 6.45) is 4.48. The first-order valence-electron chi connectivity index (χ1n) is 12.2. The number of ether oxygens (including phenoxy) is 2. The molecule has 0 aromatic heterocycles. The number of hydrogen-bond acceptors (Lipinski definition) is 5. The molecule has 0 saturated carbocycles. The molecular weight excluding hydrogens is 460 g/mol. The van der Waals surface area contributed by atoms with Gasteiger partial charge >= 0.3 is 12.1 Å². The highest BCUT2D eigenvalue weighted by Crippen LogP contribution is 2.34. The summed E-state index contributed by atoms with van der Waals surface area (Å²) in [5.41, 5.74) is 6.87. The van der Waals surface area contributed by atoms with Crippen LogP contribution in [0.5, 0.6) is 0 Å². The third-order valence-corrected chi connectivity index (χ3v) is 6.69. The van der Waals surface area contributed by atoms with Crippen LogP contribution in [-0.4, -0.2) is 73.7 Å². The normalized spacial score (nSPS) is 22.6. The fourth-order valence-corrected chi connectivity index (χ4v) is 4.96. The number of nitrogens with two attached hydrogens (primary N) is 1. The highest BCUT2D eigenvalue weighted by atomic mass is 35.5. The predicted octanol–water partition coefficient (Wildman–Crippen LogP) is 3.37. The number of carbonyl (C=O) groups excluding carboxylic acids is 1. The lowest BCUT2D eigenvalue weighted by Crippen LogP contribution is -2.52. The van der Waals surface area contributed by atoms with Gasteiger partial charge in [-0.3, -0.25) is 0 Å². The molecular formula is C24H37ClN4O5. The summed E-state index contributed by atoms with van der Waals surface area (Å²) in [4.78, 5) is 25.7. The Bertz CT molecular complexity index is 792. The minimum atomic E-state index is -1.09.